The number of anilines is 1. The van der Waals surface area contributed by atoms with Crippen LogP contribution in [-0.2, 0) is 9.53 Å². The van der Waals surface area contributed by atoms with Crippen LogP contribution in [0.2, 0.25) is 5.02 Å². The molecule has 1 rings (SSSR count). The molecule has 0 radical (unpaired) electrons. The lowest BCUT2D eigenvalue weighted by Gasteiger charge is -2.07. The van der Waals surface area contributed by atoms with Crippen LogP contribution in [0.15, 0.2) is 22.7 Å². The van der Waals surface area contributed by atoms with Crippen molar-refractivity contribution in [2.75, 3.05) is 18.5 Å². The first kappa shape index (κ1) is 15.3. The Bertz CT molecular complexity index is 418. The summed E-state index contributed by atoms with van der Waals surface area (Å²) in [6.45, 7) is -0.690. The molecule has 100 valence electrons. The fraction of sp³-hybridized carbons (Fsp3) is 0.364. The molecule has 0 aliphatic rings. The van der Waals surface area contributed by atoms with Gasteiger partial charge in [0.1, 0.15) is 6.61 Å². The first-order valence-electron chi connectivity index (χ1n) is 5.10. The summed E-state index contributed by atoms with van der Waals surface area (Å²) >= 11 is 9.02. The first-order chi connectivity index (χ1) is 8.49. The molecule has 0 saturated heterocycles. The molecule has 0 heterocycles. The predicted molar refractivity (Wildman–Crippen MR) is 69.2 cm³/mol. The molecule has 0 aliphatic carbocycles. The number of ether oxygens (including phenoxy) is 1. The summed E-state index contributed by atoms with van der Waals surface area (Å²) in [7, 11) is 0. The van der Waals surface area contributed by atoms with Crippen molar-refractivity contribution in [1.29, 1.82) is 0 Å². The lowest BCUT2D eigenvalue weighted by molar-refractivity contribution is -0.117. The second kappa shape index (κ2) is 7.66. The molecule has 1 amide bonds. The minimum absolute atomic E-state index is 0.0208. The number of hydrogen-bond donors (Lipinski definition) is 1. The Kier molecular flexibility index (Phi) is 6.52. The number of halogens is 4. The van der Waals surface area contributed by atoms with Crippen molar-refractivity contribution < 1.29 is 18.3 Å². The Morgan fingerprint density at radius 1 is 1.50 bits per heavy atom. The topological polar surface area (TPSA) is 38.3 Å². The standard InChI is InChI=1S/C11H11BrClF2NO2/c12-8-5-7(1-2-9(8)13)16-11(17)3-4-18-6-10(14)15/h1-2,5,10H,3-4,6H2,(H,16,17). The number of nitrogens with one attached hydrogen (secondary N) is 1. The molecule has 0 unspecified atom stereocenters. The first-order valence-corrected chi connectivity index (χ1v) is 6.27. The van der Waals surface area contributed by atoms with E-state index >= 15 is 0 Å². The fourth-order valence-corrected chi connectivity index (χ4v) is 1.63. The zero-order chi connectivity index (χ0) is 13.5. The minimum Gasteiger partial charge on any atom is -0.375 e. The molecular weight excluding hydrogens is 331 g/mol. The number of benzene rings is 1. The van der Waals surface area contributed by atoms with E-state index in [1.807, 2.05) is 0 Å². The van der Waals surface area contributed by atoms with E-state index in [9.17, 15) is 13.6 Å². The van der Waals surface area contributed by atoms with E-state index in [1.165, 1.54) is 0 Å². The number of rotatable bonds is 6. The third kappa shape index (κ3) is 5.75. The molecule has 0 fully saturated rings. The van der Waals surface area contributed by atoms with Gasteiger partial charge in [0.15, 0.2) is 0 Å². The third-order valence-corrected chi connectivity index (χ3v) is 3.13. The van der Waals surface area contributed by atoms with Crippen LogP contribution in [0.3, 0.4) is 0 Å². The molecule has 0 aromatic heterocycles. The van der Waals surface area contributed by atoms with Crippen LogP contribution < -0.4 is 5.32 Å². The number of carbonyl (C=O) groups excluding carboxylic acids is 1. The Balaban J connectivity index is 2.33. The molecule has 0 saturated carbocycles. The van der Waals surface area contributed by atoms with Crippen molar-refractivity contribution in [3.63, 3.8) is 0 Å². The second-order valence-electron chi connectivity index (χ2n) is 3.39. The normalized spacial score (nSPS) is 10.7. The Hall–Kier alpha value is -0.720. The van der Waals surface area contributed by atoms with Gasteiger partial charge in [-0.2, -0.15) is 0 Å². The average Bonchev–Trinajstić information content (AvgIpc) is 2.29. The van der Waals surface area contributed by atoms with Gasteiger partial charge in [0.2, 0.25) is 5.91 Å². The number of amides is 1. The molecule has 1 N–H and O–H groups in total. The van der Waals surface area contributed by atoms with Crippen LogP contribution >= 0.6 is 27.5 Å². The Morgan fingerprint density at radius 2 is 2.22 bits per heavy atom. The molecule has 18 heavy (non-hydrogen) atoms. The van der Waals surface area contributed by atoms with Gasteiger partial charge in [-0.15, -0.1) is 0 Å². The maximum absolute atomic E-state index is 11.7. The van der Waals surface area contributed by atoms with E-state index in [1.54, 1.807) is 18.2 Å². The lowest BCUT2D eigenvalue weighted by Crippen LogP contribution is -2.15. The van der Waals surface area contributed by atoms with Gasteiger partial charge in [-0.05, 0) is 34.1 Å². The lowest BCUT2D eigenvalue weighted by atomic mass is 10.3. The molecule has 1 aromatic rings. The zero-order valence-electron chi connectivity index (χ0n) is 9.26. The summed E-state index contributed by atoms with van der Waals surface area (Å²) in [6.07, 6.45) is -2.49. The molecule has 7 heteroatoms. The quantitative estimate of drug-likeness (QED) is 0.800. The molecule has 0 spiro atoms. The van der Waals surface area contributed by atoms with Gasteiger partial charge in [0.25, 0.3) is 6.43 Å². The van der Waals surface area contributed by atoms with E-state index in [0.717, 1.165) is 0 Å². The number of alkyl halides is 2. The number of carbonyl (C=O) groups is 1. The van der Waals surface area contributed by atoms with Gasteiger partial charge < -0.3 is 10.1 Å². The minimum atomic E-state index is -2.51. The van der Waals surface area contributed by atoms with Crippen LogP contribution in [0.25, 0.3) is 0 Å². The van der Waals surface area contributed by atoms with Gasteiger partial charge in [0.05, 0.1) is 18.1 Å². The molecular formula is C11H11BrClF2NO2. The highest BCUT2D eigenvalue weighted by molar-refractivity contribution is 9.10. The maximum atomic E-state index is 11.7. The van der Waals surface area contributed by atoms with Crippen LogP contribution in [0, 0.1) is 0 Å². The predicted octanol–water partition coefficient (Wildman–Crippen LogP) is 3.71. The maximum Gasteiger partial charge on any atom is 0.261 e. The van der Waals surface area contributed by atoms with Gasteiger partial charge in [-0.25, -0.2) is 8.78 Å². The molecule has 1 aromatic carbocycles. The van der Waals surface area contributed by atoms with E-state index in [2.05, 4.69) is 26.0 Å². The highest BCUT2D eigenvalue weighted by atomic mass is 79.9. The number of hydrogen-bond acceptors (Lipinski definition) is 2. The second-order valence-corrected chi connectivity index (χ2v) is 4.65. The highest BCUT2D eigenvalue weighted by Gasteiger charge is 2.06. The molecule has 0 aliphatic heterocycles. The van der Waals surface area contributed by atoms with Crippen LogP contribution in [0.5, 0.6) is 0 Å². The van der Waals surface area contributed by atoms with E-state index in [4.69, 9.17) is 11.6 Å². The van der Waals surface area contributed by atoms with Crippen molar-refractivity contribution in [3.8, 4) is 0 Å². The monoisotopic (exact) mass is 341 g/mol. The summed E-state index contributed by atoms with van der Waals surface area (Å²) in [6, 6.07) is 4.93. The fourth-order valence-electron chi connectivity index (χ4n) is 1.13. The summed E-state index contributed by atoms with van der Waals surface area (Å²) in [5.41, 5.74) is 0.574. The van der Waals surface area contributed by atoms with Crippen molar-refractivity contribution in [3.05, 3.63) is 27.7 Å². The van der Waals surface area contributed by atoms with Crippen LogP contribution in [0.4, 0.5) is 14.5 Å². The van der Waals surface area contributed by atoms with Crippen molar-refractivity contribution >= 4 is 39.1 Å². The highest BCUT2D eigenvalue weighted by Crippen LogP contribution is 2.25. The summed E-state index contributed by atoms with van der Waals surface area (Å²) in [5, 5.41) is 3.14. The average molecular weight is 343 g/mol. The summed E-state index contributed by atoms with van der Waals surface area (Å²) in [5.74, 6) is -0.307. The smallest absolute Gasteiger partial charge is 0.261 e. The SMILES string of the molecule is O=C(CCOCC(F)F)Nc1ccc(Cl)c(Br)c1. The van der Waals surface area contributed by atoms with E-state index in [-0.39, 0.29) is 18.9 Å². The largest absolute Gasteiger partial charge is 0.375 e. The summed E-state index contributed by atoms with van der Waals surface area (Å²) in [4.78, 5) is 11.4. The van der Waals surface area contributed by atoms with Gasteiger partial charge in [-0.3, -0.25) is 4.79 Å². The Labute approximate surface area is 117 Å². The van der Waals surface area contributed by atoms with E-state index < -0.39 is 13.0 Å². The van der Waals surface area contributed by atoms with Gasteiger partial charge >= 0.3 is 0 Å². The van der Waals surface area contributed by atoms with Crippen LogP contribution in [0.1, 0.15) is 6.42 Å². The third-order valence-electron chi connectivity index (χ3n) is 1.92. The summed E-state index contributed by atoms with van der Waals surface area (Å²) < 4.78 is 28.8. The zero-order valence-corrected chi connectivity index (χ0v) is 11.6. The van der Waals surface area contributed by atoms with E-state index in [0.29, 0.717) is 15.2 Å². The van der Waals surface area contributed by atoms with Crippen LogP contribution in [-0.4, -0.2) is 25.5 Å². The Morgan fingerprint density at radius 3 is 2.83 bits per heavy atom. The van der Waals surface area contributed by atoms with Crippen molar-refractivity contribution in [2.45, 2.75) is 12.8 Å². The van der Waals surface area contributed by atoms with Gasteiger partial charge in [0, 0.05) is 10.2 Å². The molecule has 0 bridgehead atoms. The van der Waals surface area contributed by atoms with Gasteiger partial charge in [-0.1, -0.05) is 11.6 Å². The van der Waals surface area contributed by atoms with Crippen molar-refractivity contribution in [2.24, 2.45) is 0 Å². The van der Waals surface area contributed by atoms with Crippen molar-refractivity contribution in [1.82, 2.24) is 0 Å². The molecule has 0 atom stereocenters. The molecule has 3 nitrogen and oxygen atoms in total.